The van der Waals surface area contributed by atoms with E-state index in [0.717, 1.165) is 0 Å². The molecule has 1 aliphatic carbocycles. The Morgan fingerprint density at radius 2 is 2.07 bits per heavy atom. The minimum absolute atomic E-state index is 0.575. The fraction of sp³-hybridized carbons (Fsp3) is 0.538. The highest BCUT2D eigenvalue weighted by Gasteiger charge is 2.19. The van der Waals surface area contributed by atoms with E-state index in [1.807, 2.05) is 0 Å². The average Bonchev–Trinajstić information content (AvgIpc) is 2.18. The van der Waals surface area contributed by atoms with Crippen LogP contribution in [0.5, 0.6) is 0 Å². The van der Waals surface area contributed by atoms with Gasteiger partial charge >= 0.3 is 0 Å². The highest BCUT2D eigenvalue weighted by atomic mass is 14.9. The Morgan fingerprint density at radius 3 is 2.86 bits per heavy atom. The second kappa shape index (κ2) is 4.14. The van der Waals surface area contributed by atoms with Gasteiger partial charge in [0.25, 0.3) is 0 Å². The van der Waals surface area contributed by atoms with Gasteiger partial charge in [0, 0.05) is 12.1 Å². The first-order valence-corrected chi connectivity index (χ1v) is 5.61. The van der Waals surface area contributed by atoms with Crippen LogP contribution in [0.25, 0.3) is 0 Å². The van der Waals surface area contributed by atoms with E-state index in [9.17, 15) is 0 Å². The van der Waals surface area contributed by atoms with E-state index in [2.05, 4.69) is 43.4 Å². The molecule has 1 nitrogen and oxygen atoms in total. The number of benzene rings is 1. The van der Waals surface area contributed by atoms with Crippen molar-refractivity contribution >= 4 is 0 Å². The van der Waals surface area contributed by atoms with Gasteiger partial charge < -0.3 is 5.32 Å². The summed E-state index contributed by atoms with van der Waals surface area (Å²) in [5.74, 6) is 0. The molecule has 1 heteroatoms. The van der Waals surface area contributed by atoms with Crippen molar-refractivity contribution in [3.8, 4) is 0 Å². The van der Waals surface area contributed by atoms with Gasteiger partial charge in [-0.2, -0.15) is 0 Å². The summed E-state index contributed by atoms with van der Waals surface area (Å²) in [5, 5.41) is 3.64. The second-order valence-electron chi connectivity index (χ2n) is 4.46. The Labute approximate surface area is 86.5 Å². The van der Waals surface area contributed by atoms with Gasteiger partial charge in [-0.15, -0.1) is 0 Å². The summed E-state index contributed by atoms with van der Waals surface area (Å²) in [6.45, 7) is 4.44. The predicted octanol–water partition coefficient (Wildman–Crippen LogP) is 3.06. The van der Waals surface area contributed by atoms with E-state index < -0.39 is 0 Å². The Balaban J connectivity index is 2.22. The molecule has 1 aromatic carbocycles. The van der Waals surface area contributed by atoms with Crippen molar-refractivity contribution in [1.82, 2.24) is 5.32 Å². The van der Waals surface area contributed by atoms with Gasteiger partial charge in [0.1, 0.15) is 0 Å². The third-order valence-electron chi connectivity index (χ3n) is 2.90. The summed E-state index contributed by atoms with van der Waals surface area (Å²) < 4.78 is 0. The standard InChI is InChI=1S/C13H19N/c1-10(2)14-13-9-5-7-11-6-3-4-8-12(11)13/h3-4,6,8,10,13-14H,5,7,9H2,1-2H3/t13-/m0/s1. The molecular formula is C13H19N. The van der Waals surface area contributed by atoms with Crippen molar-refractivity contribution in [2.45, 2.75) is 45.2 Å². The number of hydrogen-bond acceptors (Lipinski definition) is 1. The zero-order chi connectivity index (χ0) is 9.97. The van der Waals surface area contributed by atoms with Gasteiger partial charge in [-0.1, -0.05) is 38.1 Å². The Morgan fingerprint density at radius 1 is 1.29 bits per heavy atom. The van der Waals surface area contributed by atoms with Gasteiger partial charge in [-0.3, -0.25) is 0 Å². The van der Waals surface area contributed by atoms with Crippen LogP contribution in [-0.2, 0) is 6.42 Å². The molecule has 14 heavy (non-hydrogen) atoms. The van der Waals surface area contributed by atoms with Gasteiger partial charge in [0.05, 0.1) is 0 Å². The lowest BCUT2D eigenvalue weighted by atomic mass is 9.87. The lowest BCUT2D eigenvalue weighted by molar-refractivity contribution is 0.423. The average molecular weight is 189 g/mol. The van der Waals surface area contributed by atoms with Crippen molar-refractivity contribution in [1.29, 1.82) is 0 Å². The van der Waals surface area contributed by atoms with E-state index in [0.29, 0.717) is 12.1 Å². The molecular weight excluding hydrogens is 170 g/mol. The van der Waals surface area contributed by atoms with Crippen LogP contribution in [0, 0.1) is 0 Å². The highest BCUT2D eigenvalue weighted by Crippen LogP contribution is 2.29. The minimum Gasteiger partial charge on any atom is -0.308 e. The molecule has 1 N–H and O–H groups in total. The van der Waals surface area contributed by atoms with Gasteiger partial charge in [0.15, 0.2) is 0 Å². The van der Waals surface area contributed by atoms with Crippen LogP contribution in [-0.4, -0.2) is 6.04 Å². The minimum atomic E-state index is 0.575. The van der Waals surface area contributed by atoms with Crippen LogP contribution >= 0.6 is 0 Å². The van der Waals surface area contributed by atoms with Crippen LogP contribution in [0.15, 0.2) is 24.3 Å². The quantitative estimate of drug-likeness (QED) is 0.754. The zero-order valence-corrected chi connectivity index (χ0v) is 9.09. The summed E-state index contributed by atoms with van der Waals surface area (Å²) in [6.07, 6.45) is 3.86. The van der Waals surface area contributed by atoms with Gasteiger partial charge in [0.2, 0.25) is 0 Å². The normalized spacial score (nSPS) is 20.9. The highest BCUT2D eigenvalue weighted by molar-refractivity contribution is 5.32. The molecule has 0 aromatic heterocycles. The first kappa shape index (κ1) is 9.72. The van der Waals surface area contributed by atoms with Crippen molar-refractivity contribution in [3.05, 3.63) is 35.4 Å². The zero-order valence-electron chi connectivity index (χ0n) is 9.09. The predicted molar refractivity (Wildman–Crippen MR) is 60.4 cm³/mol. The maximum Gasteiger partial charge on any atom is 0.0325 e. The van der Waals surface area contributed by atoms with Crippen LogP contribution in [0.3, 0.4) is 0 Å². The van der Waals surface area contributed by atoms with Crippen LogP contribution in [0.2, 0.25) is 0 Å². The van der Waals surface area contributed by atoms with Crippen molar-refractivity contribution < 1.29 is 0 Å². The van der Waals surface area contributed by atoms with Crippen LogP contribution in [0.1, 0.15) is 43.9 Å². The molecule has 0 spiro atoms. The maximum atomic E-state index is 3.64. The fourth-order valence-corrected chi connectivity index (χ4v) is 2.33. The molecule has 0 heterocycles. The smallest absolute Gasteiger partial charge is 0.0325 e. The molecule has 0 aliphatic heterocycles. The molecule has 0 amide bonds. The van der Waals surface area contributed by atoms with E-state index >= 15 is 0 Å². The molecule has 0 bridgehead atoms. The van der Waals surface area contributed by atoms with Crippen molar-refractivity contribution in [2.75, 3.05) is 0 Å². The SMILES string of the molecule is CC(C)N[C@H]1CCCc2ccccc21. The molecule has 2 rings (SSSR count). The Hall–Kier alpha value is -0.820. The molecule has 0 radical (unpaired) electrons. The molecule has 0 saturated heterocycles. The van der Waals surface area contributed by atoms with E-state index in [-0.39, 0.29) is 0 Å². The van der Waals surface area contributed by atoms with Crippen molar-refractivity contribution in [3.63, 3.8) is 0 Å². The topological polar surface area (TPSA) is 12.0 Å². The molecule has 0 saturated carbocycles. The maximum absolute atomic E-state index is 3.64. The molecule has 0 unspecified atom stereocenters. The first-order chi connectivity index (χ1) is 6.77. The number of nitrogens with one attached hydrogen (secondary N) is 1. The lowest BCUT2D eigenvalue weighted by Crippen LogP contribution is -2.30. The lowest BCUT2D eigenvalue weighted by Gasteiger charge is -2.28. The number of aryl methyl sites for hydroxylation is 1. The summed E-state index contributed by atoms with van der Waals surface area (Å²) in [5.41, 5.74) is 3.06. The fourth-order valence-electron chi connectivity index (χ4n) is 2.33. The molecule has 1 aliphatic rings. The molecule has 76 valence electrons. The largest absolute Gasteiger partial charge is 0.308 e. The monoisotopic (exact) mass is 189 g/mol. The van der Waals surface area contributed by atoms with Gasteiger partial charge in [-0.25, -0.2) is 0 Å². The van der Waals surface area contributed by atoms with Crippen molar-refractivity contribution in [2.24, 2.45) is 0 Å². The number of rotatable bonds is 2. The Bertz CT molecular complexity index is 304. The molecule has 1 atom stereocenters. The Kier molecular flexibility index (Phi) is 2.87. The first-order valence-electron chi connectivity index (χ1n) is 5.61. The summed E-state index contributed by atoms with van der Waals surface area (Å²) in [4.78, 5) is 0. The second-order valence-corrected chi connectivity index (χ2v) is 4.46. The van der Waals surface area contributed by atoms with Gasteiger partial charge in [-0.05, 0) is 30.4 Å². The summed E-state index contributed by atoms with van der Waals surface area (Å²) in [7, 11) is 0. The third-order valence-corrected chi connectivity index (χ3v) is 2.90. The summed E-state index contributed by atoms with van der Waals surface area (Å²) in [6, 6.07) is 10.00. The van der Waals surface area contributed by atoms with Crippen LogP contribution < -0.4 is 5.32 Å². The van der Waals surface area contributed by atoms with E-state index in [4.69, 9.17) is 0 Å². The third kappa shape index (κ3) is 1.98. The summed E-state index contributed by atoms with van der Waals surface area (Å²) >= 11 is 0. The van der Waals surface area contributed by atoms with E-state index in [1.165, 1.54) is 30.4 Å². The van der Waals surface area contributed by atoms with Crippen LogP contribution in [0.4, 0.5) is 0 Å². The number of fused-ring (bicyclic) bond motifs is 1. The molecule has 0 fully saturated rings. The van der Waals surface area contributed by atoms with E-state index in [1.54, 1.807) is 0 Å². The number of hydrogen-bond donors (Lipinski definition) is 1. The molecule has 1 aromatic rings.